The number of hydrogen-bond donors (Lipinski definition) is 0. The molecule has 5 heteroatoms. The van der Waals surface area contributed by atoms with Crippen LogP contribution in [0.1, 0.15) is 24.0 Å². The molecule has 0 aromatic carbocycles. The largest absolute Gasteiger partial charge is 0.292 e. The zero-order valence-electron chi connectivity index (χ0n) is 11.8. The smallest absolute Gasteiger partial charge is 0.256 e. The van der Waals surface area contributed by atoms with E-state index in [1.54, 1.807) is 0 Å². The number of nitrogens with zero attached hydrogens (tertiary/aromatic N) is 4. The molecule has 0 N–H and O–H groups in total. The Bertz CT molecular complexity index is 681. The molecule has 102 valence electrons. The van der Waals surface area contributed by atoms with E-state index in [2.05, 4.69) is 5.10 Å². The van der Waals surface area contributed by atoms with E-state index in [1.165, 1.54) is 12.0 Å². The van der Waals surface area contributed by atoms with Gasteiger partial charge in [-0.15, -0.1) is 0 Å². The molecular formula is C14H20N4O. The molecule has 2 aromatic heterocycles. The highest BCUT2D eigenvalue weighted by atomic mass is 16.1. The Morgan fingerprint density at radius 1 is 1.26 bits per heavy atom. The molecule has 0 aliphatic heterocycles. The van der Waals surface area contributed by atoms with Crippen molar-refractivity contribution in [1.82, 2.24) is 19.2 Å². The first-order valence-corrected chi connectivity index (χ1v) is 6.80. The average Bonchev–Trinajstić information content (AvgIpc) is 2.76. The SMILES string of the molecule is CN(C)Cn1c(=O)c2c(c3cnn(C)c31)CCCC2. The van der Waals surface area contributed by atoms with Crippen molar-refractivity contribution in [2.24, 2.45) is 7.05 Å². The number of fused-ring (bicyclic) bond motifs is 3. The lowest BCUT2D eigenvalue weighted by molar-refractivity contribution is 0.323. The summed E-state index contributed by atoms with van der Waals surface area (Å²) in [6.07, 6.45) is 6.12. The van der Waals surface area contributed by atoms with Gasteiger partial charge in [-0.1, -0.05) is 0 Å². The van der Waals surface area contributed by atoms with E-state index in [-0.39, 0.29) is 5.56 Å². The van der Waals surface area contributed by atoms with Crippen LogP contribution in [-0.2, 0) is 26.6 Å². The summed E-state index contributed by atoms with van der Waals surface area (Å²) < 4.78 is 3.67. The standard InChI is InChI=1S/C14H20N4O/c1-16(2)9-18-13-12(8-15-17(13)3)10-6-4-5-7-11(10)14(18)19/h8H,4-7,9H2,1-3H3. The van der Waals surface area contributed by atoms with E-state index in [0.717, 1.165) is 35.9 Å². The van der Waals surface area contributed by atoms with Crippen molar-refractivity contribution in [1.29, 1.82) is 0 Å². The maximum Gasteiger partial charge on any atom is 0.256 e. The predicted octanol–water partition coefficient (Wildman–Crippen LogP) is 1.13. The molecule has 0 atom stereocenters. The highest BCUT2D eigenvalue weighted by Gasteiger charge is 2.21. The normalized spacial score (nSPS) is 15.2. The van der Waals surface area contributed by atoms with Gasteiger partial charge in [0.25, 0.3) is 5.56 Å². The topological polar surface area (TPSA) is 43.1 Å². The Labute approximate surface area is 112 Å². The third kappa shape index (κ3) is 1.89. The molecule has 0 saturated carbocycles. The molecule has 1 aliphatic carbocycles. The van der Waals surface area contributed by atoms with Gasteiger partial charge in [-0.25, -0.2) is 0 Å². The Morgan fingerprint density at radius 3 is 2.63 bits per heavy atom. The van der Waals surface area contributed by atoms with Gasteiger partial charge in [0, 0.05) is 18.0 Å². The molecule has 0 bridgehead atoms. The van der Waals surface area contributed by atoms with Gasteiger partial charge in [0.05, 0.1) is 12.9 Å². The first-order valence-electron chi connectivity index (χ1n) is 6.80. The lowest BCUT2D eigenvalue weighted by atomic mass is 9.91. The zero-order valence-corrected chi connectivity index (χ0v) is 11.8. The molecule has 0 fully saturated rings. The second-order valence-corrected chi connectivity index (χ2v) is 5.62. The average molecular weight is 260 g/mol. The second-order valence-electron chi connectivity index (χ2n) is 5.62. The van der Waals surface area contributed by atoms with Crippen molar-refractivity contribution in [3.05, 3.63) is 27.7 Å². The molecule has 3 rings (SSSR count). The fourth-order valence-corrected chi connectivity index (χ4v) is 3.08. The molecule has 0 amide bonds. The summed E-state index contributed by atoms with van der Waals surface area (Å²) in [4.78, 5) is 14.7. The van der Waals surface area contributed by atoms with Crippen LogP contribution in [-0.4, -0.2) is 33.3 Å². The van der Waals surface area contributed by atoms with Crippen LogP contribution < -0.4 is 5.56 Å². The van der Waals surface area contributed by atoms with Gasteiger partial charge in [0.2, 0.25) is 0 Å². The van der Waals surface area contributed by atoms with Gasteiger partial charge in [-0.2, -0.15) is 5.10 Å². The van der Waals surface area contributed by atoms with E-state index in [4.69, 9.17) is 0 Å². The van der Waals surface area contributed by atoms with Crippen LogP contribution in [0.3, 0.4) is 0 Å². The first kappa shape index (κ1) is 12.4. The van der Waals surface area contributed by atoms with Crippen molar-refractivity contribution in [2.45, 2.75) is 32.4 Å². The van der Waals surface area contributed by atoms with Crippen molar-refractivity contribution in [2.75, 3.05) is 14.1 Å². The van der Waals surface area contributed by atoms with E-state index < -0.39 is 0 Å². The Balaban J connectivity index is 2.37. The number of hydrogen-bond acceptors (Lipinski definition) is 3. The van der Waals surface area contributed by atoms with Gasteiger partial charge in [-0.05, 0) is 45.3 Å². The summed E-state index contributed by atoms with van der Waals surface area (Å²) >= 11 is 0. The zero-order chi connectivity index (χ0) is 13.6. The summed E-state index contributed by atoms with van der Waals surface area (Å²) in [5.41, 5.74) is 3.35. The van der Waals surface area contributed by atoms with Gasteiger partial charge in [0.1, 0.15) is 5.65 Å². The van der Waals surface area contributed by atoms with Crippen LogP contribution in [0.5, 0.6) is 0 Å². The fourth-order valence-electron chi connectivity index (χ4n) is 3.08. The van der Waals surface area contributed by atoms with Gasteiger partial charge in [-0.3, -0.25) is 18.9 Å². The third-order valence-electron chi connectivity index (χ3n) is 3.88. The van der Waals surface area contributed by atoms with Crippen molar-refractivity contribution in [3.8, 4) is 0 Å². The molecule has 2 heterocycles. The second kappa shape index (κ2) is 4.49. The van der Waals surface area contributed by atoms with E-state index in [1.807, 2.05) is 41.5 Å². The van der Waals surface area contributed by atoms with E-state index in [0.29, 0.717) is 6.67 Å². The van der Waals surface area contributed by atoms with Crippen LogP contribution >= 0.6 is 0 Å². The third-order valence-corrected chi connectivity index (χ3v) is 3.88. The molecule has 0 spiro atoms. The van der Waals surface area contributed by atoms with Crippen LogP contribution in [0, 0.1) is 0 Å². The molecular weight excluding hydrogens is 240 g/mol. The highest BCUT2D eigenvalue weighted by molar-refractivity contribution is 5.80. The summed E-state index contributed by atoms with van der Waals surface area (Å²) in [7, 11) is 5.87. The highest BCUT2D eigenvalue weighted by Crippen LogP contribution is 2.26. The van der Waals surface area contributed by atoms with Crippen LogP contribution in [0.25, 0.3) is 11.0 Å². The number of rotatable bonds is 2. The fraction of sp³-hybridized carbons (Fsp3) is 0.571. The Kier molecular flexibility index (Phi) is 2.93. The quantitative estimate of drug-likeness (QED) is 0.813. The van der Waals surface area contributed by atoms with Gasteiger partial charge in [0.15, 0.2) is 0 Å². The number of aryl methyl sites for hydroxylation is 2. The van der Waals surface area contributed by atoms with E-state index >= 15 is 0 Å². The molecule has 0 unspecified atom stereocenters. The summed E-state index contributed by atoms with van der Waals surface area (Å²) in [5.74, 6) is 0. The Morgan fingerprint density at radius 2 is 1.95 bits per heavy atom. The van der Waals surface area contributed by atoms with Crippen molar-refractivity contribution >= 4 is 11.0 Å². The first-order chi connectivity index (χ1) is 9.09. The van der Waals surface area contributed by atoms with Gasteiger partial charge >= 0.3 is 0 Å². The molecule has 5 nitrogen and oxygen atoms in total. The van der Waals surface area contributed by atoms with Gasteiger partial charge < -0.3 is 0 Å². The van der Waals surface area contributed by atoms with Crippen molar-refractivity contribution < 1.29 is 0 Å². The predicted molar refractivity (Wildman–Crippen MR) is 75.3 cm³/mol. The van der Waals surface area contributed by atoms with Crippen molar-refractivity contribution in [3.63, 3.8) is 0 Å². The monoisotopic (exact) mass is 260 g/mol. The van der Waals surface area contributed by atoms with Crippen LogP contribution in [0.15, 0.2) is 11.0 Å². The lowest BCUT2D eigenvalue weighted by Gasteiger charge is -2.21. The molecule has 0 radical (unpaired) electrons. The minimum absolute atomic E-state index is 0.166. The molecule has 1 aliphatic rings. The Hall–Kier alpha value is -1.62. The van der Waals surface area contributed by atoms with Crippen LogP contribution in [0.2, 0.25) is 0 Å². The molecule has 2 aromatic rings. The summed E-state index contributed by atoms with van der Waals surface area (Å²) in [6, 6.07) is 0. The molecule has 19 heavy (non-hydrogen) atoms. The van der Waals surface area contributed by atoms with Crippen LogP contribution in [0.4, 0.5) is 0 Å². The number of pyridine rings is 1. The lowest BCUT2D eigenvalue weighted by Crippen LogP contribution is -2.32. The number of aromatic nitrogens is 3. The maximum atomic E-state index is 12.7. The summed E-state index contributed by atoms with van der Waals surface area (Å²) in [5, 5.41) is 5.50. The molecule has 0 saturated heterocycles. The minimum atomic E-state index is 0.166. The minimum Gasteiger partial charge on any atom is -0.292 e. The summed E-state index contributed by atoms with van der Waals surface area (Å²) in [6.45, 7) is 0.599. The van der Waals surface area contributed by atoms with E-state index in [9.17, 15) is 4.79 Å². The maximum absolute atomic E-state index is 12.7.